The van der Waals surface area contributed by atoms with Crippen molar-refractivity contribution < 1.29 is 0 Å². The molecule has 3 aliphatic rings. The normalized spacial score (nSPS) is 34.5. The van der Waals surface area contributed by atoms with Crippen molar-refractivity contribution in [2.45, 2.75) is 39.2 Å². The van der Waals surface area contributed by atoms with Gasteiger partial charge in [0.2, 0.25) is 0 Å². The van der Waals surface area contributed by atoms with Gasteiger partial charge in [-0.05, 0) is 49.5 Å². The lowest BCUT2D eigenvalue weighted by Gasteiger charge is -2.26. The molecule has 1 aromatic carbocycles. The van der Waals surface area contributed by atoms with Gasteiger partial charge in [0, 0.05) is 5.56 Å². The minimum Gasteiger partial charge on any atom is -0.281 e. The van der Waals surface area contributed by atoms with E-state index in [0.717, 1.165) is 24.2 Å². The van der Waals surface area contributed by atoms with Gasteiger partial charge in [-0.3, -0.25) is 4.99 Å². The lowest BCUT2D eigenvalue weighted by atomic mass is 9.79. The van der Waals surface area contributed by atoms with Gasteiger partial charge in [-0.25, -0.2) is 0 Å². The molecule has 1 saturated carbocycles. The van der Waals surface area contributed by atoms with Gasteiger partial charge >= 0.3 is 0 Å². The number of fused-ring (bicyclic) bond motifs is 2. The first-order valence-electron chi connectivity index (χ1n) is 8.29. The molecular formula is C20H23N. The fraction of sp³-hybridized carbons (Fsp3) is 0.450. The number of benzene rings is 1. The summed E-state index contributed by atoms with van der Waals surface area (Å²) in [6, 6.07) is 11.2. The Kier molecular flexibility index (Phi) is 3.10. The third-order valence-electron chi connectivity index (χ3n) is 5.65. The van der Waals surface area contributed by atoms with E-state index < -0.39 is 0 Å². The van der Waals surface area contributed by atoms with Crippen LogP contribution < -0.4 is 0 Å². The average molecular weight is 277 g/mol. The molecule has 4 atom stereocenters. The first kappa shape index (κ1) is 13.1. The second-order valence-electron chi connectivity index (χ2n) is 6.87. The molecule has 1 heteroatoms. The van der Waals surface area contributed by atoms with Crippen LogP contribution in [0.3, 0.4) is 0 Å². The van der Waals surface area contributed by atoms with Crippen LogP contribution in [0.15, 0.2) is 58.6 Å². The second kappa shape index (κ2) is 4.98. The predicted molar refractivity (Wildman–Crippen MR) is 88.6 cm³/mol. The second-order valence-corrected chi connectivity index (χ2v) is 6.87. The molecule has 1 fully saturated rings. The van der Waals surface area contributed by atoms with Crippen LogP contribution in [0.1, 0.15) is 38.7 Å². The van der Waals surface area contributed by atoms with Crippen LogP contribution in [0.5, 0.6) is 0 Å². The molecule has 1 nitrogen and oxygen atoms in total. The van der Waals surface area contributed by atoms with Crippen LogP contribution in [-0.4, -0.2) is 11.8 Å². The lowest BCUT2D eigenvalue weighted by Crippen LogP contribution is -2.22. The zero-order chi connectivity index (χ0) is 14.4. The largest absolute Gasteiger partial charge is 0.281 e. The first-order valence-corrected chi connectivity index (χ1v) is 8.29. The van der Waals surface area contributed by atoms with E-state index in [-0.39, 0.29) is 0 Å². The molecule has 108 valence electrons. The lowest BCUT2D eigenvalue weighted by molar-refractivity contribution is 0.338. The van der Waals surface area contributed by atoms with Crippen molar-refractivity contribution in [2.24, 2.45) is 22.7 Å². The zero-order valence-electron chi connectivity index (χ0n) is 12.9. The highest BCUT2D eigenvalue weighted by Gasteiger charge is 2.42. The number of hydrogen-bond acceptors (Lipinski definition) is 1. The predicted octanol–water partition coefficient (Wildman–Crippen LogP) is 4.80. The number of rotatable bonds is 1. The fourth-order valence-corrected chi connectivity index (χ4v) is 4.64. The van der Waals surface area contributed by atoms with E-state index in [9.17, 15) is 0 Å². The molecule has 0 aromatic heterocycles. The van der Waals surface area contributed by atoms with Gasteiger partial charge < -0.3 is 0 Å². The van der Waals surface area contributed by atoms with E-state index in [2.05, 4.69) is 56.3 Å². The summed E-state index contributed by atoms with van der Waals surface area (Å²) >= 11 is 0. The molecule has 3 unspecified atom stereocenters. The van der Waals surface area contributed by atoms with Crippen molar-refractivity contribution in [3.63, 3.8) is 0 Å². The van der Waals surface area contributed by atoms with Crippen LogP contribution in [0.4, 0.5) is 0 Å². The molecule has 0 bridgehead atoms. The topological polar surface area (TPSA) is 12.4 Å². The molecule has 1 aromatic rings. The summed E-state index contributed by atoms with van der Waals surface area (Å²) < 4.78 is 0. The number of nitrogens with zero attached hydrogens (tertiary/aromatic N) is 1. The van der Waals surface area contributed by atoms with E-state index in [1.165, 1.54) is 29.7 Å². The van der Waals surface area contributed by atoms with E-state index in [0.29, 0.717) is 6.04 Å². The van der Waals surface area contributed by atoms with Crippen molar-refractivity contribution in [3.05, 3.63) is 59.2 Å². The standard InChI is InChI=1S/C20H23N/c1-13-11-12-16-14(2)21-20(15-7-4-3-5-8-15)18-10-6-9-17(18)19(13)16/h3-8,10,13-14,16,19H,9,11-12H2,1-2H3/t13?,14-,16?,19?/m0/s1. The van der Waals surface area contributed by atoms with Gasteiger partial charge in [-0.15, -0.1) is 0 Å². The van der Waals surface area contributed by atoms with Gasteiger partial charge in [0.1, 0.15) is 0 Å². The molecule has 0 spiro atoms. The molecular weight excluding hydrogens is 254 g/mol. The van der Waals surface area contributed by atoms with Crippen LogP contribution in [0.2, 0.25) is 0 Å². The Labute approximate surface area is 127 Å². The molecule has 1 heterocycles. The summed E-state index contributed by atoms with van der Waals surface area (Å²) in [6.45, 7) is 4.76. The molecule has 0 N–H and O–H groups in total. The van der Waals surface area contributed by atoms with E-state index >= 15 is 0 Å². The first-order chi connectivity index (χ1) is 10.3. The van der Waals surface area contributed by atoms with Crippen LogP contribution in [0, 0.1) is 17.8 Å². The van der Waals surface area contributed by atoms with Gasteiger partial charge in [0.25, 0.3) is 0 Å². The van der Waals surface area contributed by atoms with Gasteiger partial charge in [0.05, 0.1) is 11.8 Å². The fourth-order valence-electron chi connectivity index (χ4n) is 4.64. The Bertz CT molecular complexity index is 635. The zero-order valence-corrected chi connectivity index (χ0v) is 12.9. The quantitative estimate of drug-likeness (QED) is 0.699. The highest BCUT2D eigenvalue weighted by Crippen LogP contribution is 2.49. The average Bonchev–Trinajstić information content (AvgIpc) is 3.09. The highest BCUT2D eigenvalue weighted by molar-refractivity contribution is 6.15. The van der Waals surface area contributed by atoms with Crippen LogP contribution in [0.25, 0.3) is 0 Å². The highest BCUT2D eigenvalue weighted by atomic mass is 14.8. The Morgan fingerprint density at radius 1 is 1.05 bits per heavy atom. The van der Waals surface area contributed by atoms with E-state index in [1.54, 1.807) is 5.57 Å². The van der Waals surface area contributed by atoms with Gasteiger partial charge in [-0.2, -0.15) is 0 Å². The number of allylic oxidation sites excluding steroid dienone is 4. The molecule has 0 saturated heterocycles. The number of aliphatic imine (C=N–C) groups is 1. The molecule has 1 aliphatic heterocycles. The maximum Gasteiger partial charge on any atom is 0.0721 e. The van der Waals surface area contributed by atoms with Crippen molar-refractivity contribution in [1.29, 1.82) is 0 Å². The minimum atomic E-state index is 0.439. The minimum absolute atomic E-state index is 0.439. The summed E-state index contributed by atoms with van der Waals surface area (Å²) in [6.07, 6.45) is 8.50. The molecule has 0 radical (unpaired) electrons. The van der Waals surface area contributed by atoms with Gasteiger partial charge in [-0.1, -0.05) is 55.0 Å². The SMILES string of the molecule is CC1CCC2C1C1=C(C=CC1)C(c1ccccc1)=N[C@H]2C. The molecule has 0 amide bonds. The summed E-state index contributed by atoms with van der Waals surface area (Å²) in [5.74, 6) is 2.30. The van der Waals surface area contributed by atoms with Crippen molar-refractivity contribution in [3.8, 4) is 0 Å². The van der Waals surface area contributed by atoms with Crippen molar-refractivity contribution >= 4 is 5.71 Å². The van der Waals surface area contributed by atoms with Crippen LogP contribution >= 0.6 is 0 Å². The smallest absolute Gasteiger partial charge is 0.0721 e. The Hall–Kier alpha value is -1.63. The van der Waals surface area contributed by atoms with E-state index in [1.807, 2.05) is 0 Å². The summed E-state index contributed by atoms with van der Waals surface area (Å²) in [4.78, 5) is 5.17. The van der Waals surface area contributed by atoms with Crippen LogP contribution in [-0.2, 0) is 0 Å². The van der Waals surface area contributed by atoms with E-state index in [4.69, 9.17) is 4.99 Å². The third kappa shape index (κ3) is 2.02. The van der Waals surface area contributed by atoms with Crippen molar-refractivity contribution in [2.75, 3.05) is 0 Å². The summed E-state index contributed by atoms with van der Waals surface area (Å²) in [7, 11) is 0. The van der Waals surface area contributed by atoms with Gasteiger partial charge in [0.15, 0.2) is 0 Å². The summed E-state index contributed by atoms with van der Waals surface area (Å²) in [5, 5.41) is 0. The maximum absolute atomic E-state index is 5.17. The molecule has 2 aliphatic carbocycles. The maximum atomic E-state index is 5.17. The van der Waals surface area contributed by atoms with Crippen molar-refractivity contribution in [1.82, 2.24) is 0 Å². The Morgan fingerprint density at radius 2 is 1.86 bits per heavy atom. The molecule has 4 rings (SSSR count). The monoisotopic (exact) mass is 277 g/mol. The Morgan fingerprint density at radius 3 is 2.67 bits per heavy atom. The Balaban J connectivity index is 1.87. The molecule has 21 heavy (non-hydrogen) atoms. The number of hydrogen-bond donors (Lipinski definition) is 0. The third-order valence-corrected chi connectivity index (χ3v) is 5.65. The summed E-state index contributed by atoms with van der Waals surface area (Å²) in [5.41, 5.74) is 5.59.